The Morgan fingerprint density at radius 3 is 2.67 bits per heavy atom. The first-order chi connectivity index (χ1) is 5.65. The molecule has 1 aliphatic heterocycles. The van der Waals surface area contributed by atoms with Gasteiger partial charge in [0, 0.05) is 19.7 Å². The number of nitrogens with one attached hydrogen (secondary N) is 1. The van der Waals surface area contributed by atoms with Gasteiger partial charge in [-0.1, -0.05) is 6.92 Å². The van der Waals surface area contributed by atoms with Crippen molar-refractivity contribution < 1.29 is 5.11 Å². The van der Waals surface area contributed by atoms with Crippen LogP contribution in [0.4, 0.5) is 0 Å². The molecule has 0 aliphatic carbocycles. The number of guanidine groups is 1. The van der Waals surface area contributed by atoms with Gasteiger partial charge in [-0.15, -0.1) is 0 Å². The van der Waals surface area contributed by atoms with Crippen LogP contribution in [-0.2, 0) is 0 Å². The number of nitrogens with zero attached hydrogens (tertiary/aromatic N) is 2. The molecule has 0 aromatic rings. The molecule has 0 unspecified atom stereocenters. The van der Waals surface area contributed by atoms with E-state index in [1.807, 2.05) is 21.0 Å². The van der Waals surface area contributed by atoms with E-state index in [0.717, 1.165) is 12.0 Å². The Morgan fingerprint density at radius 1 is 1.58 bits per heavy atom. The number of hydrogen-bond acceptors (Lipinski definition) is 4. The average molecular weight is 168 g/mol. The molecule has 1 heterocycles. The minimum atomic E-state index is 0.111. The zero-order valence-corrected chi connectivity index (χ0v) is 7.63. The quantitative estimate of drug-likeness (QED) is 0.610. The monoisotopic (exact) mass is 168 g/mol. The van der Waals surface area contributed by atoms with Gasteiger partial charge in [-0.25, -0.2) is 0 Å². The summed E-state index contributed by atoms with van der Waals surface area (Å²) in [5.41, 5.74) is 0.834. The molecule has 0 fully saturated rings. The number of aliphatic hydroxyl groups excluding tert-OH is 1. The molecule has 67 valence electrons. The molecule has 0 saturated carbocycles. The van der Waals surface area contributed by atoms with Crippen LogP contribution in [0.5, 0.6) is 0 Å². The predicted octanol–water partition coefficient (Wildman–Crippen LogP) is 0.849. The third-order valence-electron chi connectivity index (χ3n) is 1.68. The van der Waals surface area contributed by atoms with Crippen LogP contribution in [0.2, 0.25) is 0 Å². The van der Waals surface area contributed by atoms with Crippen LogP contribution in [0.3, 0.4) is 0 Å². The molecule has 0 spiro atoms. The first kappa shape index (κ1) is 8.90. The van der Waals surface area contributed by atoms with Crippen molar-refractivity contribution in [3.8, 4) is 0 Å². The zero-order chi connectivity index (χ0) is 9.14. The van der Waals surface area contributed by atoms with Crippen molar-refractivity contribution in [2.45, 2.75) is 13.3 Å². The van der Waals surface area contributed by atoms with Gasteiger partial charge in [-0.2, -0.15) is 4.99 Å². The van der Waals surface area contributed by atoms with Gasteiger partial charge in [0.1, 0.15) is 0 Å². The minimum absolute atomic E-state index is 0.111. The van der Waals surface area contributed by atoms with E-state index >= 15 is 0 Å². The maximum absolute atomic E-state index is 9.38. The van der Waals surface area contributed by atoms with E-state index in [1.165, 1.54) is 0 Å². The Balaban J connectivity index is 2.81. The fourth-order valence-electron chi connectivity index (χ4n) is 0.910. The second-order valence-corrected chi connectivity index (χ2v) is 2.82. The SMILES string of the molecule is CCC1=C(O)N=C(N(C)C)N[CH]1. The van der Waals surface area contributed by atoms with Crippen molar-refractivity contribution in [1.82, 2.24) is 10.2 Å². The zero-order valence-electron chi connectivity index (χ0n) is 7.63. The summed E-state index contributed by atoms with van der Waals surface area (Å²) in [7, 11) is 3.73. The summed E-state index contributed by atoms with van der Waals surface area (Å²) < 4.78 is 0. The molecule has 4 nitrogen and oxygen atoms in total. The second kappa shape index (κ2) is 3.47. The number of rotatable bonds is 1. The van der Waals surface area contributed by atoms with Crippen molar-refractivity contribution in [2.24, 2.45) is 4.99 Å². The van der Waals surface area contributed by atoms with Gasteiger partial charge < -0.3 is 15.3 Å². The second-order valence-electron chi connectivity index (χ2n) is 2.82. The fraction of sp³-hybridized carbons (Fsp3) is 0.500. The predicted molar refractivity (Wildman–Crippen MR) is 48.5 cm³/mol. The minimum Gasteiger partial charge on any atom is -0.493 e. The molecule has 4 heteroatoms. The Hall–Kier alpha value is -1.19. The van der Waals surface area contributed by atoms with E-state index in [9.17, 15) is 5.11 Å². The number of aliphatic hydroxyl groups is 1. The smallest absolute Gasteiger partial charge is 0.215 e. The Morgan fingerprint density at radius 2 is 2.25 bits per heavy atom. The Bertz CT molecular complexity index is 230. The summed E-state index contributed by atoms with van der Waals surface area (Å²) in [6, 6.07) is 0. The lowest BCUT2D eigenvalue weighted by Gasteiger charge is -2.21. The summed E-state index contributed by atoms with van der Waals surface area (Å²) >= 11 is 0. The van der Waals surface area contributed by atoms with Gasteiger partial charge >= 0.3 is 0 Å². The summed E-state index contributed by atoms with van der Waals surface area (Å²) in [4.78, 5) is 5.77. The van der Waals surface area contributed by atoms with Gasteiger partial charge in [0.15, 0.2) is 0 Å². The van der Waals surface area contributed by atoms with Crippen molar-refractivity contribution >= 4 is 5.96 Å². The lowest BCUT2D eigenvalue weighted by molar-refractivity contribution is 0.390. The molecular weight excluding hydrogens is 154 g/mol. The highest BCUT2D eigenvalue weighted by atomic mass is 16.3. The normalized spacial score (nSPS) is 17.1. The molecule has 0 aromatic carbocycles. The maximum Gasteiger partial charge on any atom is 0.215 e. The molecule has 2 N–H and O–H groups in total. The molecule has 0 aromatic heterocycles. The summed E-state index contributed by atoms with van der Waals surface area (Å²) in [5, 5.41) is 12.4. The molecular formula is C8H14N3O. The summed E-state index contributed by atoms with van der Waals surface area (Å²) in [6.45, 7) is 3.75. The number of aliphatic imine (C=N–C) groups is 1. The lowest BCUT2D eigenvalue weighted by atomic mass is 10.2. The third kappa shape index (κ3) is 1.69. The topological polar surface area (TPSA) is 47.9 Å². The van der Waals surface area contributed by atoms with Crippen molar-refractivity contribution in [3.05, 3.63) is 18.0 Å². The van der Waals surface area contributed by atoms with E-state index in [0.29, 0.717) is 5.96 Å². The fourth-order valence-corrected chi connectivity index (χ4v) is 0.910. The molecule has 0 atom stereocenters. The largest absolute Gasteiger partial charge is 0.493 e. The molecule has 12 heavy (non-hydrogen) atoms. The van der Waals surface area contributed by atoms with Crippen LogP contribution in [-0.4, -0.2) is 30.1 Å². The Kier molecular flexibility index (Phi) is 2.58. The molecule has 1 radical (unpaired) electrons. The van der Waals surface area contributed by atoms with Crippen LogP contribution < -0.4 is 5.32 Å². The molecule has 1 aliphatic rings. The standard InChI is InChI=1S/C8H14N3O/c1-4-6-5-9-8(11(2)3)10-7(6)12/h5,12H,4H2,1-3H3,(H,9,10). The van der Waals surface area contributed by atoms with Gasteiger partial charge in [0.05, 0.1) is 6.54 Å². The van der Waals surface area contributed by atoms with Gasteiger partial charge in [-0.3, -0.25) is 0 Å². The van der Waals surface area contributed by atoms with Crippen LogP contribution in [0.25, 0.3) is 0 Å². The summed E-state index contributed by atoms with van der Waals surface area (Å²) in [5.74, 6) is 0.768. The first-order valence-electron chi connectivity index (χ1n) is 3.93. The van der Waals surface area contributed by atoms with E-state index in [-0.39, 0.29) is 5.88 Å². The summed E-state index contributed by atoms with van der Waals surface area (Å²) in [6.07, 6.45) is 0.781. The maximum atomic E-state index is 9.38. The highest BCUT2D eigenvalue weighted by Crippen LogP contribution is 2.13. The van der Waals surface area contributed by atoms with Gasteiger partial charge in [-0.05, 0) is 6.42 Å². The van der Waals surface area contributed by atoms with E-state index in [2.05, 4.69) is 10.3 Å². The molecule has 0 bridgehead atoms. The van der Waals surface area contributed by atoms with Crippen LogP contribution in [0.15, 0.2) is 16.4 Å². The lowest BCUT2D eigenvalue weighted by Crippen LogP contribution is -2.37. The van der Waals surface area contributed by atoms with E-state index in [4.69, 9.17) is 0 Å². The van der Waals surface area contributed by atoms with Crippen molar-refractivity contribution in [1.29, 1.82) is 0 Å². The van der Waals surface area contributed by atoms with Crippen molar-refractivity contribution in [3.63, 3.8) is 0 Å². The van der Waals surface area contributed by atoms with E-state index in [1.54, 1.807) is 11.4 Å². The average Bonchev–Trinajstić information content (AvgIpc) is 2.04. The van der Waals surface area contributed by atoms with Crippen molar-refractivity contribution in [2.75, 3.05) is 14.1 Å². The number of hydrogen-bond donors (Lipinski definition) is 2. The highest BCUT2D eigenvalue weighted by molar-refractivity contribution is 5.82. The first-order valence-corrected chi connectivity index (χ1v) is 3.93. The third-order valence-corrected chi connectivity index (χ3v) is 1.68. The van der Waals surface area contributed by atoms with Crippen LogP contribution in [0.1, 0.15) is 13.3 Å². The highest BCUT2D eigenvalue weighted by Gasteiger charge is 2.13. The van der Waals surface area contributed by atoms with Gasteiger partial charge in [0.25, 0.3) is 0 Å². The van der Waals surface area contributed by atoms with Crippen LogP contribution in [0, 0.1) is 6.54 Å². The molecule has 1 rings (SSSR count). The molecule has 0 amide bonds. The van der Waals surface area contributed by atoms with E-state index < -0.39 is 0 Å². The molecule has 0 saturated heterocycles. The Labute approximate surface area is 72.6 Å². The van der Waals surface area contributed by atoms with Gasteiger partial charge in [0.2, 0.25) is 11.8 Å². The van der Waals surface area contributed by atoms with Crippen LogP contribution >= 0.6 is 0 Å².